The van der Waals surface area contributed by atoms with E-state index in [1.807, 2.05) is 6.92 Å². The predicted molar refractivity (Wildman–Crippen MR) is 60.5 cm³/mol. The van der Waals surface area contributed by atoms with E-state index in [0.29, 0.717) is 6.42 Å². The molecule has 0 aliphatic rings. The molecule has 0 saturated heterocycles. The molecule has 1 N–H and O–H groups in total. The maximum Gasteiger partial charge on any atom is 0.321 e. The Kier molecular flexibility index (Phi) is 6.25. The number of hydrogen-bond acceptors (Lipinski definition) is 4. The first-order chi connectivity index (χ1) is 7.31. The molecule has 0 bridgehead atoms. The average molecular weight is 250 g/mol. The molecule has 0 radical (unpaired) electrons. The van der Waals surface area contributed by atoms with E-state index in [1.165, 1.54) is 13.8 Å². The summed E-state index contributed by atoms with van der Waals surface area (Å²) in [6.45, 7) is 6.32. The van der Waals surface area contributed by atoms with Crippen molar-refractivity contribution in [3.8, 4) is 0 Å². The zero-order chi connectivity index (χ0) is 12.9. The summed E-state index contributed by atoms with van der Waals surface area (Å²) in [6.07, 6.45) is 0.423. The van der Waals surface area contributed by atoms with Crippen molar-refractivity contribution in [2.75, 3.05) is 0 Å². The number of carboxylic acid groups (broad SMARTS) is 1. The van der Waals surface area contributed by atoms with Gasteiger partial charge < -0.3 is 9.84 Å². The summed E-state index contributed by atoms with van der Waals surface area (Å²) in [5.74, 6) is -1.79. The van der Waals surface area contributed by atoms with Crippen molar-refractivity contribution in [3.05, 3.63) is 0 Å². The molecule has 0 fully saturated rings. The van der Waals surface area contributed by atoms with Crippen LogP contribution in [-0.2, 0) is 25.1 Å². The molecule has 0 spiro atoms. The Morgan fingerprint density at radius 1 is 1.25 bits per heavy atom. The van der Waals surface area contributed by atoms with Crippen LogP contribution in [0.4, 0.5) is 0 Å². The highest BCUT2D eigenvalue weighted by molar-refractivity contribution is 7.87. The normalized spacial score (nSPS) is 18.2. The van der Waals surface area contributed by atoms with Gasteiger partial charge in [-0.15, -0.1) is 0 Å². The monoisotopic (exact) mass is 250 g/mol. The zero-order valence-electron chi connectivity index (χ0n) is 9.93. The van der Waals surface area contributed by atoms with Gasteiger partial charge in [0.15, 0.2) is 0 Å². The minimum Gasteiger partial charge on any atom is -0.480 e. The first-order valence-corrected chi connectivity index (χ1v) is 6.41. The molecule has 0 aromatic rings. The van der Waals surface area contributed by atoms with Crippen molar-refractivity contribution in [3.63, 3.8) is 0 Å². The molecule has 94 valence electrons. The SMILES string of the molecule is CCC(C)OC(=O)C(C)S(=O)C(C)C(=O)O. The summed E-state index contributed by atoms with van der Waals surface area (Å²) in [7, 11) is -1.76. The van der Waals surface area contributed by atoms with Crippen molar-refractivity contribution >= 4 is 22.7 Å². The quantitative estimate of drug-likeness (QED) is 0.709. The molecular weight excluding hydrogens is 232 g/mol. The number of carbonyl (C=O) groups excluding carboxylic acids is 1. The minimum atomic E-state index is -1.76. The standard InChI is InChI=1S/C10H18O5S/c1-5-6(2)15-10(13)8(4)16(14)7(3)9(11)12/h6-8H,5H2,1-4H3,(H,11,12). The Labute approximate surface area is 97.6 Å². The number of rotatable bonds is 6. The van der Waals surface area contributed by atoms with Gasteiger partial charge in [0.1, 0.15) is 10.5 Å². The van der Waals surface area contributed by atoms with Crippen molar-refractivity contribution in [1.82, 2.24) is 0 Å². The maximum absolute atomic E-state index is 11.6. The average Bonchev–Trinajstić information content (AvgIpc) is 2.25. The fraction of sp³-hybridized carbons (Fsp3) is 0.800. The predicted octanol–water partition coefficient (Wildman–Crippen LogP) is 0.938. The van der Waals surface area contributed by atoms with Gasteiger partial charge in [-0.1, -0.05) is 6.92 Å². The van der Waals surface area contributed by atoms with E-state index in [4.69, 9.17) is 9.84 Å². The van der Waals surface area contributed by atoms with Crippen LogP contribution in [0.5, 0.6) is 0 Å². The summed E-state index contributed by atoms with van der Waals surface area (Å²) in [5, 5.41) is 6.68. The molecule has 4 atom stereocenters. The highest BCUT2D eigenvalue weighted by Crippen LogP contribution is 2.08. The van der Waals surface area contributed by atoms with E-state index in [2.05, 4.69) is 0 Å². The van der Waals surface area contributed by atoms with E-state index in [0.717, 1.165) is 0 Å². The summed E-state index contributed by atoms with van der Waals surface area (Å²) >= 11 is 0. The number of hydrogen-bond donors (Lipinski definition) is 1. The molecule has 0 aromatic carbocycles. The number of esters is 1. The maximum atomic E-state index is 11.6. The van der Waals surface area contributed by atoms with Gasteiger partial charge in [0, 0.05) is 10.8 Å². The van der Waals surface area contributed by atoms with Crippen LogP contribution in [0.15, 0.2) is 0 Å². The van der Waals surface area contributed by atoms with Crippen LogP contribution in [-0.4, -0.2) is 37.9 Å². The molecule has 0 aromatic heterocycles. The molecule has 0 amide bonds. The smallest absolute Gasteiger partial charge is 0.321 e. The van der Waals surface area contributed by atoms with Gasteiger partial charge in [0.25, 0.3) is 0 Å². The summed E-state index contributed by atoms with van der Waals surface area (Å²) in [6, 6.07) is 0. The summed E-state index contributed by atoms with van der Waals surface area (Å²) < 4.78 is 16.6. The molecule has 16 heavy (non-hydrogen) atoms. The van der Waals surface area contributed by atoms with Gasteiger partial charge in [-0.2, -0.15) is 0 Å². The molecule has 5 nitrogen and oxygen atoms in total. The summed E-state index contributed by atoms with van der Waals surface area (Å²) in [5.41, 5.74) is 0. The second-order valence-corrected chi connectivity index (χ2v) is 5.68. The van der Waals surface area contributed by atoms with Gasteiger partial charge in [-0.25, -0.2) is 0 Å². The van der Waals surface area contributed by atoms with Gasteiger partial charge in [0.05, 0.1) is 6.10 Å². The fourth-order valence-corrected chi connectivity index (χ4v) is 1.93. The molecule has 4 unspecified atom stereocenters. The van der Waals surface area contributed by atoms with E-state index < -0.39 is 33.2 Å². The van der Waals surface area contributed by atoms with Gasteiger partial charge in [-0.05, 0) is 27.2 Å². The number of ether oxygens (including phenoxy) is 1. The van der Waals surface area contributed by atoms with Crippen molar-refractivity contribution in [2.24, 2.45) is 0 Å². The lowest BCUT2D eigenvalue weighted by Gasteiger charge is -2.16. The van der Waals surface area contributed by atoms with Crippen LogP contribution in [0.25, 0.3) is 0 Å². The lowest BCUT2D eigenvalue weighted by molar-refractivity contribution is -0.147. The Hall–Kier alpha value is -0.910. The second kappa shape index (κ2) is 6.62. The molecule has 0 aliphatic carbocycles. The third-order valence-corrected chi connectivity index (χ3v) is 4.06. The molecule has 6 heteroatoms. The minimum absolute atomic E-state index is 0.243. The molecule has 0 aliphatic heterocycles. The largest absolute Gasteiger partial charge is 0.480 e. The highest BCUT2D eigenvalue weighted by Gasteiger charge is 2.30. The fourth-order valence-electron chi connectivity index (χ4n) is 0.878. The third-order valence-electron chi connectivity index (χ3n) is 2.27. The lowest BCUT2D eigenvalue weighted by Crippen LogP contribution is -2.35. The topological polar surface area (TPSA) is 80.7 Å². The van der Waals surface area contributed by atoms with E-state index in [9.17, 15) is 13.8 Å². The zero-order valence-corrected chi connectivity index (χ0v) is 10.7. The first kappa shape index (κ1) is 15.1. The van der Waals surface area contributed by atoms with E-state index in [-0.39, 0.29) is 6.10 Å². The Morgan fingerprint density at radius 2 is 1.75 bits per heavy atom. The highest BCUT2D eigenvalue weighted by atomic mass is 32.2. The Balaban J connectivity index is 4.44. The third kappa shape index (κ3) is 4.30. The number of aliphatic carboxylic acids is 1. The van der Waals surface area contributed by atoms with Gasteiger partial charge in [0.2, 0.25) is 0 Å². The van der Waals surface area contributed by atoms with Crippen LogP contribution in [0, 0.1) is 0 Å². The van der Waals surface area contributed by atoms with E-state index >= 15 is 0 Å². The van der Waals surface area contributed by atoms with Crippen LogP contribution in [0.3, 0.4) is 0 Å². The summed E-state index contributed by atoms with van der Waals surface area (Å²) in [4.78, 5) is 22.1. The van der Waals surface area contributed by atoms with Crippen molar-refractivity contribution in [1.29, 1.82) is 0 Å². The molecule has 0 rings (SSSR count). The Bertz CT molecular complexity index is 289. The van der Waals surface area contributed by atoms with E-state index in [1.54, 1.807) is 6.92 Å². The molecule has 0 heterocycles. The second-order valence-electron chi connectivity index (χ2n) is 3.61. The first-order valence-electron chi connectivity index (χ1n) is 5.13. The van der Waals surface area contributed by atoms with Gasteiger partial charge in [-0.3, -0.25) is 13.8 Å². The number of carbonyl (C=O) groups is 2. The van der Waals surface area contributed by atoms with Crippen molar-refractivity contribution < 1.29 is 23.6 Å². The Morgan fingerprint density at radius 3 is 2.12 bits per heavy atom. The number of carboxylic acids is 1. The van der Waals surface area contributed by atoms with Crippen LogP contribution >= 0.6 is 0 Å². The van der Waals surface area contributed by atoms with Crippen LogP contribution in [0.1, 0.15) is 34.1 Å². The van der Waals surface area contributed by atoms with Crippen LogP contribution < -0.4 is 0 Å². The lowest BCUT2D eigenvalue weighted by atomic mass is 10.3. The van der Waals surface area contributed by atoms with Gasteiger partial charge >= 0.3 is 11.9 Å². The van der Waals surface area contributed by atoms with Crippen LogP contribution in [0.2, 0.25) is 0 Å². The van der Waals surface area contributed by atoms with Crippen molar-refractivity contribution in [2.45, 2.75) is 50.7 Å². The molecular formula is C10H18O5S. The molecule has 0 saturated carbocycles.